The molecule has 1 saturated heterocycles. The number of likely N-dealkylation sites (tertiary alicyclic amines) is 1. The molecule has 1 fully saturated rings. The number of nitrogens with one attached hydrogen (secondary N) is 1. The van der Waals surface area contributed by atoms with E-state index in [0.29, 0.717) is 5.75 Å². The maximum Gasteiger partial charge on any atom is 0.394 e. The number of halogens is 3. The number of carbonyl (C=O) groups is 2. The highest BCUT2D eigenvalue weighted by molar-refractivity contribution is 5.83. The van der Waals surface area contributed by atoms with Gasteiger partial charge in [-0.15, -0.1) is 0 Å². The number of rotatable bonds is 5. The number of carboxylic acid groups (broad SMARTS) is 1. The maximum absolute atomic E-state index is 13.0. The Morgan fingerprint density at radius 2 is 1.86 bits per heavy atom. The van der Waals surface area contributed by atoms with E-state index >= 15 is 0 Å². The average molecular weight is 396 g/mol. The number of hydrogen-bond acceptors (Lipinski definition) is 3. The second-order valence-electron chi connectivity index (χ2n) is 6.59. The largest absolute Gasteiger partial charge is 0.492 e. The zero-order valence-electron chi connectivity index (χ0n) is 14.8. The Morgan fingerprint density at radius 3 is 2.50 bits per heavy atom. The highest BCUT2D eigenvalue weighted by Crippen LogP contribution is 2.37. The molecule has 0 spiro atoms. The molecule has 28 heavy (non-hydrogen) atoms. The van der Waals surface area contributed by atoms with Gasteiger partial charge < -0.3 is 20.1 Å². The van der Waals surface area contributed by atoms with Crippen LogP contribution in [0.1, 0.15) is 0 Å². The van der Waals surface area contributed by atoms with Crippen LogP contribution < -0.4 is 10.1 Å². The lowest BCUT2D eigenvalue weighted by atomic mass is 9.96. The second-order valence-corrected chi connectivity index (χ2v) is 6.59. The summed E-state index contributed by atoms with van der Waals surface area (Å²) in [7, 11) is 0. The molecule has 3 rings (SSSR count). The molecule has 1 heterocycles. The van der Waals surface area contributed by atoms with Crippen LogP contribution in [0, 0.1) is 11.8 Å². The van der Waals surface area contributed by atoms with E-state index in [-0.39, 0.29) is 13.2 Å². The number of carbonyl (C=O) groups excluding carboxylic acids is 1. The molecule has 1 aliphatic rings. The lowest BCUT2D eigenvalue weighted by molar-refractivity contribution is -0.187. The van der Waals surface area contributed by atoms with E-state index in [1.54, 1.807) is 6.07 Å². The number of carboxylic acids is 1. The van der Waals surface area contributed by atoms with Crippen molar-refractivity contribution in [3.63, 3.8) is 0 Å². The minimum atomic E-state index is -4.67. The SMILES string of the molecule is O=C(O)[C@@H]1CN(C(=O)NCCOc2ccc3ccccc3c2)C[C@H]1C(F)(F)F. The normalized spacial score (nSPS) is 19.6. The topological polar surface area (TPSA) is 78.9 Å². The van der Waals surface area contributed by atoms with E-state index < -0.39 is 43.1 Å². The van der Waals surface area contributed by atoms with Gasteiger partial charge in [0.05, 0.1) is 18.4 Å². The first kappa shape index (κ1) is 19.8. The number of aliphatic carboxylic acids is 1. The molecule has 0 unspecified atom stereocenters. The van der Waals surface area contributed by atoms with Crippen LogP contribution in [0.5, 0.6) is 5.75 Å². The zero-order chi connectivity index (χ0) is 20.3. The fourth-order valence-corrected chi connectivity index (χ4v) is 3.25. The van der Waals surface area contributed by atoms with Gasteiger partial charge in [0, 0.05) is 13.1 Å². The maximum atomic E-state index is 13.0. The second kappa shape index (κ2) is 7.95. The Kier molecular flexibility index (Phi) is 5.62. The van der Waals surface area contributed by atoms with Crippen molar-refractivity contribution in [2.24, 2.45) is 11.8 Å². The number of ether oxygens (including phenoxy) is 1. The van der Waals surface area contributed by atoms with Crippen molar-refractivity contribution in [1.82, 2.24) is 10.2 Å². The van der Waals surface area contributed by atoms with Gasteiger partial charge in [0.15, 0.2) is 0 Å². The average Bonchev–Trinajstić information content (AvgIpc) is 3.11. The van der Waals surface area contributed by atoms with Gasteiger partial charge in [-0.05, 0) is 22.9 Å². The van der Waals surface area contributed by atoms with Crippen molar-refractivity contribution in [2.75, 3.05) is 26.2 Å². The number of benzene rings is 2. The summed E-state index contributed by atoms with van der Waals surface area (Å²) in [6, 6.07) is 12.5. The predicted molar refractivity (Wildman–Crippen MR) is 95.1 cm³/mol. The predicted octanol–water partition coefficient (Wildman–Crippen LogP) is 3.12. The smallest absolute Gasteiger partial charge is 0.394 e. The monoisotopic (exact) mass is 396 g/mol. The number of amides is 2. The highest BCUT2D eigenvalue weighted by Gasteiger charge is 2.53. The molecule has 6 nitrogen and oxygen atoms in total. The summed E-state index contributed by atoms with van der Waals surface area (Å²) in [4.78, 5) is 24.0. The molecular weight excluding hydrogens is 377 g/mol. The van der Waals surface area contributed by atoms with Crippen LogP contribution in [0.2, 0.25) is 0 Å². The Hall–Kier alpha value is -2.97. The van der Waals surface area contributed by atoms with Crippen LogP contribution in [0.4, 0.5) is 18.0 Å². The van der Waals surface area contributed by atoms with Crippen LogP contribution in [-0.2, 0) is 4.79 Å². The molecule has 0 radical (unpaired) electrons. The quantitative estimate of drug-likeness (QED) is 0.762. The van der Waals surface area contributed by atoms with Crippen molar-refractivity contribution in [3.8, 4) is 5.75 Å². The third-order valence-corrected chi connectivity index (χ3v) is 4.71. The van der Waals surface area contributed by atoms with Crippen molar-refractivity contribution >= 4 is 22.8 Å². The highest BCUT2D eigenvalue weighted by atomic mass is 19.4. The summed E-state index contributed by atoms with van der Waals surface area (Å²) >= 11 is 0. The molecule has 0 aliphatic carbocycles. The summed E-state index contributed by atoms with van der Waals surface area (Å²) in [5.74, 6) is -4.67. The summed E-state index contributed by atoms with van der Waals surface area (Å²) < 4.78 is 44.5. The fraction of sp³-hybridized carbons (Fsp3) is 0.368. The van der Waals surface area contributed by atoms with Crippen molar-refractivity contribution in [1.29, 1.82) is 0 Å². The molecule has 9 heteroatoms. The number of urea groups is 1. The van der Waals surface area contributed by atoms with Crippen molar-refractivity contribution in [3.05, 3.63) is 42.5 Å². The Bertz CT molecular complexity index is 872. The molecular formula is C19H19F3N2O4. The summed E-state index contributed by atoms with van der Waals surface area (Å²) in [5.41, 5.74) is 0. The number of alkyl halides is 3. The molecule has 150 valence electrons. The van der Waals surface area contributed by atoms with E-state index in [0.717, 1.165) is 15.7 Å². The molecule has 0 bridgehead atoms. The van der Waals surface area contributed by atoms with Gasteiger partial charge in [-0.2, -0.15) is 13.2 Å². The molecule has 1 aliphatic heterocycles. The number of nitrogens with zero attached hydrogens (tertiary/aromatic N) is 1. The van der Waals surface area contributed by atoms with Crippen LogP contribution >= 0.6 is 0 Å². The third-order valence-electron chi connectivity index (χ3n) is 4.71. The molecule has 2 N–H and O–H groups in total. The van der Waals surface area contributed by atoms with E-state index in [1.807, 2.05) is 36.4 Å². The van der Waals surface area contributed by atoms with E-state index in [1.165, 1.54) is 0 Å². The standard InChI is InChI=1S/C19H19F3N2O4/c20-19(21,22)16-11-24(10-15(16)17(25)26)18(27)23-7-8-28-14-6-5-12-3-1-2-4-13(12)9-14/h1-6,9,15-16H,7-8,10-11H2,(H,23,27)(H,25,26)/t15-,16-/m1/s1. The summed E-state index contributed by atoms with van der Waals surface area (Å²) in [5, 5.41) is 13.5. The number of hydrogen-bond donors (Lipinski definition) is 2. The first-order valence-corrected chi connectivity index (χ1v) is 8.69. The summed E-state index contributed by atoms with van der Waals surface area (Å²) in [6.07, 6.45) is -4.67. The van der Waals surface area contributed by atoms with E-state index in [2.05, 4.69) is 5.32 Å². The zero-order valence-corrected chi connectivity index (χ0v) is 14.8. The van der Waals surface area contributed by atoms with Crippen LogP contribution in [-0.4, -0.2) is 54.4 Å². The summed E-state index contributed by atoms with van der Waals surface area (Å²) in [6.45, 7) is -0.936. The molecule has 0 saturated carbocycles. The van der Waals surface area contributed by atoms with Crippen LogP contribution in [0.25, 0.3) is 10.8 Å². The fourth-order valence-electron chi connectivity index (χ4n) is 3.25. The molecule has 2 atom stereocenters. The molecule has 2 aromatic rings. The van der Waals surface area contributed by atoms with Crippen molar-refractivity contribution < 1.29 is 32.6 Å². The van der Waals surface area contributed by atoms with Gasteiger partial charge in [0.1, 0.15) is 12.4 Å². The molecule has 2 amide bonds. The van der Waals surface area contributed by atoms with Crippen LogP contribution in [0.15, 0.2) is 42.5 Å². The van der Waals surface area contributed by atoms with Gasteiger partial charge in [-0.25, -0.2) is 4.79 Å². The van der Waals surface area contributed by atoms with Crippen LogP contribution in [0.3, 0.4) is 0 Å². The molecule has 2 aromatic carbocycles. The minimum Gasteiger partial charge on any atom is -0.492 e. The van der Waals surface area contributed by atoms with Gasteiger partial charge in [0.2, 0.25) is 0 Å². The van der Waals surface area contributed by atoms with Gasteiger partial charge >= 0.3 is 18.2 Å². The van der Waals surface area contributed by atoms with Gasteiger partial charge in [-0.1, -0.05) is 30.3 Å². The Labute approximate surface area is 158 Å². The van der Waals surface area contributed by atoms with E-state index in [9.17, 15) is 22.8 Å². The number of fused-ring (bicyclic) bond motifs is 1. The minimum absolute atomic E-state index is 0.0799. The van der Waals surface area contributed by atoms with Gasteiger partial charge in [0.25, 0.3) is 0 Å². The first-order valence-electron chi connectivity index (χ1n) is 8.69. The third kappa shape index (κ3) is 4.47. The van der Waals surface area contributed by atoms with Gasteiger partial charge in [-0.3, -0.25) is 4.79 Å². The van der Waals surface area contributed by atoms with E-state index in [4.69, 9.17) is 9.84 Å². The Morgan fingerprint density at radius 1 is 1.14 bits per heavy atom. The first-order chi connectivity index (χ1) is 13.3. The molecule has 0 aromatic heterocycles. The van der Waals surface area contributed by atoms with Crippen molar-refractivity contribution in [2.45, 2.75) is 6.18 Å². The lowest BCUT2D eigenvalue weighted by Gasteiger charge is -2.18. The Balaban J connectivity index is 1.49. The lowest BCUT2D eigenvalue weighted by Crippen LogP contribution is -2.41.